The number of benzene rings is 3. The van der Waals surface area contributed by atoms with Gasteiger partial charge < -0.3 is 31.2 Å². The Kier molecular flexibility index (Phi) is 12.7. The summed E-state index contributed by atoms with van der Waals surface area (Å²) in [7, 11) is 0. The Morgan fingerprint density at radius 1 is 0.982 bits per heavy atom. The summed E-state index contributed by atoms with van der Waals surface area (Å²) >= 11 is 2.17. The highest BCUT2D eigenvalue weighted by molar-refractivity contribution is 8.00. The molecule has 0 radical (unpaired) electrons. The molecule has 5 N–H and O–H groups in total. The maximum Gasteiger partial charge on any atom is 0.352 e. The molecule has 296 valence electrons. The van der Waals surface area contributed by atoms with Gasteiger partial charge in [-0.1, -0.05) is 96.2 Å². The zero-order valence-electron chi connectivity index (χ0n) is 30.1. The third-order valence-corrected chi connectivity index (χ3v) is 12.0. The first-order chi connectivity index (χ1) is 26.8. The lowest BCUT2D eigenvalue weighted by molar-refractivity contribution is -0.150. The molecule has 0 saturated carbocycles. The third kappa shape index (κ3) is 7.75. The number of nitrogens with zero attached hydrogens (tertiary/aromatic N) is 5. The van der Waals surface area contributed by atoms with Crippen molar-refractivity contribution in [1.82, 2.24) is 29.8 Å². The lowest BCUT2D eigenvalue weighted by atomic mass is 9.80. The van der Waals surface area contributed by atoms with Crippen LogP contribution in [0.15, 0.2) is 119 Å². The number of hydrogen-bond acceptors (Lipinski definition) is 12. The Labute approximate surface area is 348 Å². The van der Waals surface area contributed by atoms with E-state index in [9.17, 15) is 24.3 Å². The van der Waals surface area contributed by atoms with Gasteiger partial charge in [0.2, 0.25) is 23.0 Å². The number of hydrogen-bond donors (Lipinski definition) is 4. The summed E-state index contributed by atoms with van der Waals surface area (Å²) < 4.78 is 4.25. The number of rotatable bonds is 11. The van der Waals surface area contributed by atoms with Crippen molar-refractivity contribution in [2.45, 2.75) is 35.9 Å². The van der Waals surface area contributed by atoms with E-state index in [1.165, 1.54) is 16.7 Å². The molecular formula is C39H38Cl2N8O6S2. The molecule has 4 aliphatic rings. The molecule has 18 heteroatoms. The lowest BCUT2D eigenvalue weighted by Gasteiger charge is -2.49. The number of amides is 3. The zero-order valence-corrected chi connectivity index (χ0v) is 33.4. The number of thioether (sulfide) groups is 1. The average Bonchev–Trinajstić information content (AvgIpc) is 3.98. The predicted molar refractivity (Wildman–Crippen MR) is 221 cm³/mol. The normalized spacial score (nSPS) is 21.4. The third-order valence-electron chi connectivity index (χ3n) is 10.2. The van der Waals surface area contributed by atoms with Gasteiger partial charge in [0.05, 0.1) is 0 Å². The first-order valence-corrected chi connectivity index (χ1v) is 19.5. The summed E-state index contributed by atoms with van der Waals surface area (Å²) in [6.07, 6.45) is 2.98. The van der Waals surface area contributed by atoms with Crippen LogP contribution in [0.1, 0.15) is 35.4 Å². The van der Waals surface area contributed by atoms with Gasteiger partial charge in [-0.25, -0.2) is 4.79 Å². The van der Waals surface area contributed by atoms with Crippen LogP contribution in [-0.2, 0) is 29.6 Å². The quantitative estimate of drug-likeness (QED) is 0.0562. The van der Waals surface area contributed by atoms with Gasteiger partial charge in [0.15, 0.2) is 5.13 Å². The van der Waals surface area contributed by atoms with E-state index < -0.39 is 34.8 Å². The van der Waals surface area contributed by atoms with E-state index >= 15 is 0 Å². The van der Waals surface area contributed by atoms with Crippen LogP contribution in [0.2, 0.25) is 0 Å². The summed E-state index contributed by atoms with van der Waals surface area (Å²) in [5.74, 6) is -2.73. The number of halogens is 2. The van der Waals surface area contributed by atoms with Gasteiger partial charge in [0, 0.05) is 58.7 Å². The molecule has 4 aromatic rings. The van der Waals surface area contributed by atoms with Crippen molar-refractivity contribution in [2.24, 2.45) is 5.16 Å². The number of nitrogen functional groups attached to an aromatic ring is 1. The van der Waals surface area contributed by atoms with Crippen molar-refractivity contribution in [3.8, 4) is 0 Å². The van der Waals surface area contributed by atoms with Gasteiger partial charge in [0.25, 0.3) is 11.8 Å². The Bertz CT molecular complexity index is 2140. The lowest BCUT2D eigenvalue weighted by Crippen LogP contribution is -2.71. The Hall–Kier alpha value is -5.26. The minimum atomic E-state index is -1.34. The minimum Gasteiger partial charge on any atom is -0.477 e. The van der Waals surface area contributed by atoms with Gasteiger partial charge in [-0.15, -0.1) is 36.6 Å². The molecule has 0 spiro atoms. The zero-order chi connectivity index (χ0) is 38.1. The molecule has 14 nitrogen and oxygen atoms in total. The summed E-state index contributed by atoms with van der Waals surface area (Å²) in [5.41, 5.74) is 7.16. The van der Waals surface area contributed by atoms with Crippen LogP contribution in [0.3, 0.4) is 0 Å². The van der Waals surface area contributed by atoms with Gasteiger partial charge in [0.1, 0.15) is 17.1 Å². The second kappa shape index (κ2) is 17.5. The molecular weight excluding hydrogens is 812 g/mol. The maximum absolute atomic E-state index is 14.2. The SMILES string of the molecule is Cl.Cl.Nc1nc(/C(=N/OC(c2ccccc2)(c2ccccc2)c2ccccc2)C(=O)N[C@@H]2C(=O)N3C(C(=O)O)=C(/C=C4\CCN([C@@H]5CCNC5)C4=O)CS[C@H]23)ns1. The summed E-state index contributed by atoms with van der Waals surface area (Å²) in [4.78, 5) is 67.6. The monoisotopic (exact) mass is 848 g/mol. The van der Waals surface area contributed by atoms with Gasteiger partial charge in [-0.3, -0.25) is 19.3 Å². The van der Waals surface area contributed by atoms with Crippen molar-refractivity contribution in [3.63, 3.8) is 0 Å². The van der Waals surface area contributed by atoms with Crippen molar-refractivity contribution in [3.05, 3.63) is 136 Å². The number of aliphatic carboxylic acids is 1. The number of oxime groups is 1. The van der Waals surface area contributed by atoms with E-state index in [4.69, 9.17) is 10.6 Å². The number of nitrogens with one attached hydrogen (secondary N) is 2. The fraction of sp³-hybridized carbons (Fsp3) is 0.256. The van der Waals surface area contributed by atoms with E-state index in [1.54, 1.807) is 6.08 Å². The topological polar surface area (TPSA) is 192 Å². The van der Waals surface area contributed by atoms with E-state index in [1.807, 2.05) is 95.9 Å². The van der Waals surface area contributed by atoms with E-state index in [-0.39, 0.29) is 64.9 Å². The fourth-order valence-corrected chi connectivity index (χ4v) is 9.24. The molecule has 0 bridgehead atoms. The van der Waals surface area contributed by atoms with Crippen molar-refractivity contribution in [2.75, 3.05) is 31.1 Å². The fourth-order valence-electron chi connectivity index (χ4n) is 7.50. The smallest absolute Gasteiger partial charge is 0.352 e. The number of β-lactam (4-membered cyclic amide) rings is 1. The number of likely N-dealkylation sites (tertiary alicyclic amines) is 1. The molecule has 0 unspecified atom stereocenters. The number of carboxylic acids is 1. The average molecular weight is 850 g/mol. The molecule has 0 aliphatic carbocycles. The molecule has 8 rings (SSSR count). The maximum atomic E-state index is 14.2. The van der Waals surface area contributed by atoms with Gasteiger partial charge in [-0.05, 0) is 31.0 Å². The second-order valence-corrected chi connectivity index (χ2v) is 15.3. The first kappa shape index (κ1) is 41.4. The van der Waals surface area contributed by atoms with Gasteiger partial charge in [-0.2, -0.15) is 9.36 Å². The standard InChI is InChI=1S/C39H36N8O6S2.2ClH/c40-38-43-32(45-55-38)29(44-53-39(25-10-4-1-5-11-25,26-12-6-2-7-13-26)27-14-8-3-9-15-27)33(48)42-30-35(50)47-31(37(51)52)24(22-54-36(30)47)20-23-17-19-46(34(23)49)28-16-18-41-21-28;;/h1-15,20,28,30,36,41H,16-19,21-22H2,(H,42,48)(H,51,52)(H2,40,43,45);2*1H/b23-20+,44-29-;;/t28-,30-,36-;;/m1../s1. The number of carbonyl (C=O) groups is 4. The number of aromatic nitrogens is 2. The molecule has 57 heavy (non-hydrogen) atoms. The Morgan fingerprint density at radius 2 is 1.60 bits per heavy atom. The predicted octanol–water partition coefficient (Wildman–Crippen LogP) is 3.94. The highest BCUT2D eigenvalue weighted by atomic mass is 35.5. The molecule has 3 amide bonds. The summed E-state index contributed by atoms with van der Waals surface area (Å²) in [5, 5.41) is 20.1. The van der Waals surface area contributed by atoms with Crippen LogP contribution in [0.5, 0.6) is 0 Å². The Balaban J connectivity index is 0.00000275. The van der Waals surface area contributed by atoms with E-state index in [0.29, 0.717) is 24.1 Å². The molecule has 5 heterocycles. The number of fused-ring (bicyclic) bond motifs is 1. The van der Waals surface area contributed by atoms with E-state index in [0.717, 1.165) is 47.7 Å². The molecule has 4 aliphatic heterocycles. The Morgan fingerprint density at radius 3 is 2.12 bits per heavy atom. The van der Waals surface area contributed by atoms with Crippen LogP contribution in [0, 0.1) is 0 Å². The minimum absolute atomic E-state index is 0. The highest BCUT2D eigenvalue weighted by Gasteiger charge is 2.54. The summed E-state index contributed by atoms with van der Waals surface area (Å²) in [6.45, 7) is 2.14. The van der Waals surface area contributed by atoms with Crippen LogP contribution >= 0.6 is 48.1 Å². The number of allylic oxidation sites excluding steroid dienone is 1. The largest absolute Gasteiger partial charge is 0.477 e. The van der Waals surface area contributed by atoms with Crippen LogP contribution in [0.25, 0.3) is 0 Å². The van der Waals surface area contributed by atoms with Crippen molar-refractivity contribution >= 4 is 82.6 Å². The van der Waals surface area contributed by atoms with Crippen molar-refractivity contribution in [1.29, 1.82) is 0 Å². The van der Waals surface area contributed by atoms with Crippen LogP contribution in [0.4, 0.5) is 5.13 Å². The van der Waals surface area contributed by atoms with Crippen molar-refractivity contribution < 1.29 is 29.1 Å². The highest BCUT2D eigenvalue weighted by Crippen LogP contribution is 2.43. The summed E-state index contributed by atoms with van der Waals surface area (Å²) in [6, 6.07) is 27.4. The number of nitrogens with two attached hydrogens (primary N) is 1. The van der Waals surface area contributed by atoms with Crippen LogP contribution in [-0.4, -0.2) is 96.5 Å². The number of carbonyl (C=O) groups excluding carboxylic acids is 3. The molecule has 3 aromatic carbocycles. The van der Waals surface area contributed by atoms with E-state index in [2.05, 4.69) is 25.1 Å². The van der Waals surface area contributed by atoms with Crippen LogP contribution < -0.4 is 16.4 Å². The number of carboxylic acid groups (broad SMARTS) is 1. The molecule has 3 fully saturated rings. The van der Waals surface area contributed by atoms with Gasteiger partial charge >= 0.3 is 5.97 Å². The first-order valence-electron chi connectivity index (χ1n) is 17.7. The second-order valence-electron chi connectivity index (χ2n) is 13.4. The molecule has 3 atom stereocenters. The number of anilines is 1. The molecule has 3 saturated heterocycles. The molecule has 1 aromatic heterocycles.